The van der Waals surface area contributed by atoms with Gasteiger partial charge in [0.25, 0.3) is 5.91 Å². The maximum absolute atomic E-state index is 15.1. The summed E-state index contributed by atoms with van der Waals surface area (Å²) in [6.07, 6.45) is 5.58. The first-order valence-corrected chi connectivity index (χ1v) is 9.03. The first-order valence-electron chi connectivity index (χ1n) is 9.03. The molecule has 1 unspecified atom stereocenters. The molecule has 8 nitrogen and oxygen atoms in total. The summed E-state index contributed by atoms with van der Waals surface area (Å²) in [6, 6.07) is -0.166. The number of fused-ring (bicyclic) bond motifs is 1. The lowest BCUT2D eigenvalue weighted by molar-refractivity contribution is -0.127. The molecule has 0 aliphatic carbocycles. The lowest BCUT2D eigenvalue weighted by atomic mass is 10.0. The van der Waals surface area contributed by atoms with Gasteiger partial charge in [0.15, 0.2) is 11.6 Å². The van der Waals surface area contributed by atoms with Crippen molar-refractivity contribution in [3.63, 3.8) is 0 Å². The highest BCUT2D eigenvalue weighted by Gasteiger charge is 2.32. The Kier molecular flexibility index (Phi) is 5.72. The van der Waals surface area contributed by atoms with Crippen LogP contribution >= 0.6 is 0 Å². The van der Waals surface area contributed by atoms with Crippen LogP contribution in [0.4, 0.5) is 10.2 Å². The number of nitrogens with zero attached hydrogens (tertiary/aromatic N) is 3. The molecule has 3 rings (SSSR count). The lowest BCUT2D eigenvalue weighted by Gasteiger charge is -2.33. The zero-order valence-corrected chi connectivity index (χ0v) is 15.7. The standard InChI is InChI=1S/C19H23FN6O2/c1-3-14(27)26-6-4-5-12(10-26)24-18-16(20)13-9-23-19(28)15(13)17(25-18)11(7-21)8-22-2/h3,7-8,12H,1,4-6,9-10,21H2,2H3,(H,23,28)(H,24,25). The highest BCUT2D eigenvalue weighted by atomic mass is 19.1. The third kappa shape index (κ3) is 3.60. The molecule has 2 aliphatic rings. The normalized spacial score (nSPS) is 19.5. The number of anilines is 1. The van der Waals surface area contributed by atoms with E-state index in [1.54, 1.807) is 11.9 Å². The van der Waals surface area contributed by atoms with E-state index in [4.69, 9.17) is 5.73 Å². The maximum atomic E-state index is 15.1. The zero-order valence-electron chi connectivity index (χ0n) is 15.7. The maximum Gasteiger partial charge on any atom is 0.254 e. The van der Waals surface area contributed by atoms with Gasteiger partial charge in [-0.15, -0.1) is 0 Å². The molecule has 0 bridgehead atoms. The molecule has 4 N–H and O–H groups in total. The number of carbonyl (C=O) groups excluding carboxylic acids is 2. The molecule has 2 aliphatic heterocycles. The minimum absolute atomic E-state index is 0.0343. The number of amides is 2. The molecular formula is C19H23FN6O2. The number of likely N-dealkylation sites (tertiary alicyclic amines) is 1. The smallest absolute Gasteiger partial charge is 0.254 e. The van der Waals surface area contributed by atoms with E-state index < -0.39 is 11.7 Å². The number of aliphatic imine (C=N–C) groups is 1. The van der Waals surface area contributed by atoms with Gasteiger partial charge in [-0.2, -0.15) is 0 Å². The van der Waals surface area contributed by atoms with Crippen LogP contribution < -0.4 is 16.4 Å². The van der Waals surface area contributed by atoms with E-state index in [0.717, 1.165) is 12.8 Å². The largest absolute Gasteiger partial charge is 0.404 e. The average molecular weight is 386 g/mol. The topological polar surface area (TPSA) is 113 Å². The average Bonchev–Trinajstić information content (AvgIpc) is 3.10. The molecular weight excluding hydrogens is 363 g/mol. The summed E-state index contributed by atoms with van der Waals surface area (Å²) in [6.45, 7) is 4.65. The van der Waals surface area contributed by atoms with E-state index in [2.05, 4.69) is 27.2 Å². The van der Waals surface area contributed by atoms with Crippen LogP contribution in [0, 0.1) is 5.82 Å². The van der Waals surface area contributed by atoms with Gasteiger partial charge in [-0.1, -0.05) is 6.58 Å². The molecule has 0 saturated carbocycles. The minimum atomic E-state index is -0.575. The highest BCUT2D eigenvalue weighted by Crippen LogP contribution is 2.30. The van der Waals surface area contributed by atoms with Crippen molar-refractivity contribution >= 4 is 29.4 Å². The summed E-state index contributed by atoms with van der Waals surface area (Å²) in [5.74, 6) is -1.09. The number of aromatic nitrogens is 1. The Morgan fingerprint density at radius 2 is 2.32 bits per heavy atom. The Labute approximate surface area is 162 Å². The molecule has 1 saturated heterocycles. The van der Waals surface area contributed by atoms with E-state index >= 15 is 4.39 Å². The van der Waals surface area contributed by atoms with E-state index in [0.29, 0.717) is 18.7 Å². The van der Waals surface area contributed by atoms with Gasteiger partial charge in [0.2, 0.25) is 5.91 Å². The summed E-state index contributed by atoms with van der Waals surface area (Å²) in [5, 5.41) is 5.72. The van der Waals surface area contributed by atoms with Gasteiger partial charge >= 0.3 is 0 Å². The number of carbonyl (C=O) groups is 2. The van der Waals surface area contributed by atoms with Gasteiger partial charge in [0, 0.05) is 56.3 Å². The van der Waals surface area contributed by atoms with Crippen LogP contribution in [0.2, 0.25) is 0 Å². The van der Waals surface area contributed by atoms with Gasteiger partial charge < -0.3 is 21.3 Å². The van der Waals surface area contributed by atoms with Crippen molar-refractivity contribution in [2.24, 2.45) is 10.7 Å². The van der Waals surface area contributed by atoms with Crippen molar-refractivity contribution in [1.29, 1.82) is 0 Å². The molecule has 1 atom stereocenters. The highest BCUT2D eigenvalue weighted by molar-refractivity contribution is 6.14. The van der Waals surface area contributed by atoms with Crippen LogP contribution in [0.5, 0.6) is 0 Å². The van der Waals surface area contributed by atoms with Crippen LogP contribution in [0.1, 0.15) is 34.5 Å². The van der Waals surface area contributed by atoms with Crippen molar-refractivity contribution in [3.8, 4) is 0 Å². The molecule has 3 heterocycles. The van der Waals surface area contributed by atoms with E-state index in [1.165, 1.54) is 18.5 Å². The van der Waals surface area contributed by atoms with E-state index in [1.807, 2.05) is 0 Å². The number of halogens is 1. The summed E-state index contributed by atoms with van der Waals surface area (Å²) in [7, 11) is 1.57. The zero-order chi connectivity index (χ0) is 20.3. The Morgan fingerprint density at radius 3 is 3.00 bits per heavy atom. The monoisotopic (exact) mass is 386 g/mol. The number of rotatable bonds is 5. The van der Waals surface area contributed by atoms with Crippen molar-refractivity contribution in [3.05, 3.63) is 41.5 Å². The fourth-order valence-corrected chi connectivity index (χ4v) is 3.52. The molecule has 2 amide bonds. The molecule has 0 radical (unpaired) electrons. The van der Waals surface area contributed by atoms with Gasteiger partial charge in [0.05, 0.1) is 11.3 Å². The van der Waals surface area contributed by atoms with Gasteiger partial charge in [-0.3, -0.25) is 14.6 Å². The van der Waals surface area contributed by atoms with Crippen LogP contribution in [0.3, 0.4) is 0 Å². The van der Waals surface area contributed by atoms with Crippen LogP contribution in [-0.2, 0) is 11.3 Å². The molecule has 9 heteroatoms. The summed E-state index contributed by atoms with van der Waals surface area (Å²) in [5.41, 5.74) is 6.79. The van der Waals surface area contributed by atoms with Crippen molar-refractivity contribution in [1.82, 2.24) is 15.2 Å². The fraction of sp³-hybridized carbons (Fsp3) is 0.368. The van der Waals surface area contributed by atoms with Crippen LogP contribution in [-0.4, -0.2) is 54.1 Å². The van der Waals surface area contributed by atoms with Crippen molar-refractivity contribution in [2.75, 3.05) is 25.5 Å². The van der Waals surface area contributed by atoms with E-state index in [-0.39, 0.29) is 41.1 Å². The molecule has 0 spiro atoms. The molecule has 1 aromatic heterocycles. The number of pyridine rings is 1. The van der Waals surface area contributed by atoms with E-state index in [9.17, 15) is 9.59 Å². The Balaban J connectivity index is 1.97. The SMILES string of the molecule is C=CC(=O)N1CCCC(Nc2nc(C(C=NC)=CN)c3c(c2F)CNC3=O)C1. The van der Waals surface area contributed by atoms with Gasteiger partial charge in [-0.05, 0) is 18.9 Å². The predicted molar refractivity (Wildman–Crippen MR) is 105 cm³/mol. The lowest BCUT2D eigenvalue weighted by Crippen LogP contribution is -2.44. The third-order valence-corrected chi connectivity index (χ3v) is 4.86. The number of allylic oxidation sites excluding steroid dienone is 1. The molecule has 1 aromatic rings. The number of hydrogen-bond donors (Lipinski definition) is 3. The summed E-state index contributed by atoms with van der Waals surface area (Å²) < 4.78 is 15.1. The Morgan fingerprint density at radius 1 is 1.54 bits per heavy atom. The first kappa shape index (κ1) is 19.5. The van der Waals surface area contributed by atoms with Crippen molar-refractivity contribution < 1.29 is 14.0 Å². The fourth-order valence-electron chi connectivity index (χ4n) is 3.52. The Hall–Kier alpha value is -3.23. The molecule has 1 fully saturated rings. The summed E-state index contributed by atoms with van der Waals surface area (Å²) >= 11 is 0. The first-order chi connectivity index (χ1) is 13.5. The second-order valence-electron chi connectivity index (χ2n) is 6.64. The molecule has 0 aromatic carbocycles. The number of nitrogens with one attached hydrogen (secondary N) is 2. The van der Waals surface area contributed by atoms with Crippen molar-refractivity contribution in [2.45, 2.75) is 25.4 Å². The predicted octanol–water partition coefficient (Wildman–Crippen LogP) is 1.05. The van der Waals surface area contributed by atoms with Crippen LogP contribution in [0.15, 0.2) is 23.8 Å². The second kappa shape index (κ2) is 8.20. The second-order valence-corrected chi connectivity index (χ2v) is 6.64. The molecule has 28 heavy (non-hydrogen) atoms. The summed E-state index contributed by atoms with van der Waals surface area (Å²) in [4.78, 5) is 34.0. The quantitative estimate of drug-likeness (QED) is 0.517. The minimum Gasteiger partial charge on any atom is -0.404 e. The molecule has 148 valence electrons. The number of nitrogens with two attached hydrogens (primary N) is 1. The Bertz CT molecular complexity index is 880. The third-order valence-electron chi connectivity index (χ3n) is 4.86. The number of piperidine rings is 1. The number of hydrogen-bond acceptors (Lipinski definition) is 6. The van der Waals surface area contributed by atoms with Crippen LogP contribution in [0.25, 0.3) is 5.57 Å². The van der Waals surface area contributed by atoms with Gasteiger partial charge in [-0.25, -0.2) is 9.37 Å². The van der Waals surface area contributed by atoms with Gasteiger partial charge in [0.1, 0.15) is 0 Å².